The van der Waals surface area contributed by atoms with Crippen LogP contribution in [0.4, 0.5) is 4.79 Å². The van der Waals surface area contributed by atoms with Crippen LogP contribution in [-0.4, -0.2) is 24.5 Å². The van der Waals surface area contributed by atoms with Crippen LogP contribution in [0.25, 0.3) is 11.0 Å². The van der Waals surface area contributed by atoms with Crippen molar-refractivity contribution in [3.8, 4) is 0 Å². The molecule has 0 aliphatic heterocycles. The SMILES string of the molecule is O=C(COC(=O)c1cc2cc(Cl)ccc2o1)NC(=O)NCc1cccs1. The van der Waals surface area contributed by atoms with Crippen LogP contribution in [0, 0.1) is 0 Å². The van der Waals surface area contributed by atoms with E-state index < -0.39 is 24.5 Å². The summed E-state index contributed by atoms with van der Waals surface area (Å²) in [5, 5.41) is 7.63. The van der Waals surface area contributed by atoms with Crippen molar-refractivity contribution in [1.29, 1.82) is 0 Å². The topological polar surface area (TPSA) is 97.6 Å². The fourth-order valence-corrected chi connectivity index (χ4v) is 2.93. The van der Waals surface area contributed by atoms with E-state index >= 15 is 0 Å². The number of carbonyl (C=O) groups is 3. The van der Waals surface area contributed by atoms with Crippen LogP contribution < -0.4 is 10.6 Å². The zero-order valence-corrected chi connectivity index (χ0v) is 14.9. The Morgan fingerprint density at radius 2 is 2.04 bits per heavy atom. The second kappa shape index (κ2) is 8.03. The largest absolute Gasteiger partial charge is 0.450 e. The monoisotopic (exact) mass is 392 g/mol. The summed E-state index contributed by atoms with van der Waals surface area (Å²) < 4.78 is 10.2. The Morgan fingerprint density at radius 3 is 2.81 bits per heavy atom. The summed E-state index contributed by atoms with van der Waals surface area (Å²) >= 11 is 7.35. The molecular formula is C17H13ClN2O5S. The highest BCUT2D eigenvalue weighted by Crippen LogP contribution is 2.23. The van der Waals surface area contributed by atoms with E-state index in [9.17, 15) is 14.4 Å². The predicted molar refractivity (Wildman–Crippen MR) is 96.2 cm³/mol. The molecule has 0 radical (unpaired) electrons. The predicted octanol–water partition coefficient (Wildman–Crippen LogP) is 3.33. The lowest BCUT2D eigenvalue weighted by Crippen LogP contribution is -2.41. The molecule has 3 rings (SSSR count). The highest BCUT2D eigenvalue weighted by molar-refractivity contribution is 7.09. The molecule has 0 fully saturated rings. The number of hydrogen-bond donors (Lipinski definition) is 2. The summed E-state index contributed by atoms with van der Waals surface area (Å²) in [6.45, 7) is -0.304. The highest BCUT2D eigenvalue weighted by atomic mass is 35.5. The third kappa shape index (κ3) is 4.62. The van der Waals surface area contributed by atoms with Gasteiger partial charge in [-0.15, -0.1) is 11.3 Å². The van der Waals surface area contributed by atoms with Gasteiger partial charge in [0.05, 0.1) is 6.54 Å². The molecule has 0 aliphatic carbocycles. The second-order valence-electron chi connectivity index (χ2n) is 5.18. The Labute approximate surface area is 156 Å². The molecule has 0 aliphatic rings. The van der Waals surface area contributed by atoms with E-state index in [-0.39, 0.29) is 5.76 Å². The van der Waals surface area contributed by atoms with Crippen LogP contribution >= 0.6 is 22.9 Å². The molecule has 0 unspecified atom stereocenters. The van der Waals surface area contributed by atoms with Crippen LogP contribution in [0.1, 0.15) is 15.4 Å². The van der Waals surface area contributed by atoms with Crippen molar-refractivity contribution in [2.75, 3.05) is 6.61 Å². The number of nitrogens with one attached hydrogen (secondary N) is 2. The number of furan rings is 1. The average molecular weight is 393 g/mol. The summed E-state index contributed by atoms with van der Waals surface area (Å²) in [4.78, 5) is 36.2. The van der Waals surface area contributed by atoms with Gasteiger partial charge >= 0.3 is 12.0 Å². The molecule has 1 aromatic carbocycles. The number of ether oxygens (including phenoxy) is 1. The van der Waals surface area contributed by atoms with Crippen LogP contribution in [-0.2, 0) is 16.1 Å². The quantitative estimate of drug-likeness (QED) is 0.649. The van der Waals surface area contributed by atoms with E-state index in [0.717, 1.165) is 4.88 Å². The van der Waals surface area contributed by atoms with E-state index in [1.165, 1.54) is 17.4 Å². The number of esters is 1. The van der Waals surface area contributed by atoms with Crippen molar-refractivity contribution in [2.24, 2.45) is 0 Å². The molecule has 0 bridgehead atoms. The van der Waals surface area contributed by atoms with Crippen LogP contribution in [0.3, 0.4) is 0 Å². The standard InChI is InChI=1S/C17H13ClN2O5S/c18-11-3-4-13-10(6-11)7-14(25-13)16(22)24-9-15(21)20-17(23)19-8-12-2-1-5-26-12/h1-7H,8-9H2,(H2,19,20,21,23). The number of fused-ring (bicyclic) bond motifs is 1. The third-order valence-electron chi connectivity index (χ3n) is 3.27. The maximum atomic E-state index is 11.9. The number of carbonyl (C=O) groups excluding carboxylic acids is 3. The first-order valence-electron chi connectivity index (χ1n) is 7.47. The number of benzene rings is 1. The second-order valence-corrected chi connectivity index (χ2v) is 6.65. The van der Waals surface area contributed by atoms with Gasteiger partial charge in [0, 0.05) is 15.3 Å². The molecule has 2 N–H and O–H groups in total. The first-order valence-corrected chi connectivity index (χ1v) is 8.73. The summed E-state index contributed by atoms with van der Waals surface area (Å²) in [7, 11) is 0. The van der Waals surface area contributed by atoms with E-state index in [2.05, 4.69) is 10.6 Å². The summed E-state index contributed by atoms with van der Waals surface area (Å²) in [5.41, 5.74) is 0.471. The molecule has 26 heavy (non-hydrogen) atoms. The number of amides is 3. The molecule has 7 nitrogen and oxygen atoms in total. The van der Waals surface area contributed by atoms with Gasteiger partial charge < -0.3 is 14.5 Å². The lowest BCUT2D eigenvalue weighted by atomic mass is 10.2. The lowest BCUT2D eigenvalue weighted by Gasteiger charge is -2.06. The number of hydrogen-bond acceptors (Lipinski definition) is 6. The van der Waals surface area contributed by atoms with Crippen molar-refractivity contribution in [3.05, 3.63) is 57.4 Å². The first kappa shape index (κ1) is 18.0. The van der Waals surface area contributed by atoms with E-state index in [1.54, 1.807) is 18.2 Å². The molecule has 2 heterocycles. The van der Waals surface area contributed by atoms with E-state index in [0.29, 0.717) is 22.5 Å². The Kier molecular flexibility index (Phi) is 5.55. The molecule has 0 atom stereocenters. The van der Waals surface area contributed by atoms with Crippen LogP contribution in [0.15, 0.2) is 46.2 Å². The van der Waals surface area contributed by atoms with E-state index in [4.69, 9.17) is 20.8 Å². The van der Waals surface area contributed by atoms with Crippen LogP contribution in [0.5, 0.6) is 0 Å². The minimum Gasteiger partial charge on any atom is -0.450 e. The maximum Gasteiger partial charge on any atom is 0.374 e. The number of thiophene rings is 1. The van der Waals surface area contributed by atoms with Gasteiger partial charge in [0.25, 0.3) is 5.91 Å². The van der Waals surface area contributed by atoms with Crippen molar-refractivity contribution < 1.29 is 23.5 Å². The number of imide groups is 1. The normalized spacial score (nSPS) is 10.5. The molecule has 0 saturated carbocycles. The summed E-state index contributed by atoms with van der Waals surface area (Å²) in [6.07, 6.45) is 0. The van der Waals surface area contributed by atoms with Crippen molar-refractivity contribution >= 4 is 51.8 Å². The van der Waals surface area contributed by atoms with Gasteiger partial charge in [-0.1, -0.05) is 17.7 Å². The minimum atomic E-state index is -0.813. The van der Waals surface area contributed by atoms with Gasteiger partial charge in [-0.3, -0.25) is 10.1 Å². The molecule has 0 spiro atoms. The first-order chi connectivity index (χ1) is 12.5. The smallest absolute Gasteiger partial charge is 0.374 e. The van der Waals surface area contributed by atoms with Gasteiger partial charge in [0.1, 0.15) is 5.58 Å². The molecule has 2 aromatic heterocycles. The number of halogens is 1. The zero-order valence-electron chi connectivity index (χ0n) is 13.3. The number of rotatable bonds is 5. The van der Waals surface area contributed by atoms with Gasteiger partial charge in [-0.25, -0.2) is 9.59 Å². The molecule has 3 aromatic rings. The fourth-order valence-electron chi connectivity index (χ4n) is 2.10. The highest BCUT2D eigenvalue weighted by Gasteiger charge is 2.16. The Morgan fingerprint density at radius 1 is 1.19 bits per heavy atom. The fraction of sp³-hybridized carbons (Fsp3) is 0.118. The Bertz CT molecular complexity index is 951. The molecule has 9 heteroatoms. The molecule has 3 amide bonds. The maximum absolute atomic E-state index is 11.9. The van der Waals surface area contributed by atoms with Gasteiger partial charge in [-0.05, 0) is 35.7 Å². The zero-order chi connectivity index (χ0) is 18.5. The molecule has 0 saturated heterocycles. The average Bonchev–Trinajstić information content (AvgIpc) is 3.26. The van der Waals surface area contributed by atoms with E-state index in [1.807, 2.05) is 17.5 Å². The third-order valence-corrected chi connectivity index (χ3v) is 4.38. The number of urea groups is 1. The molecular weight excluding hydrogens is 380 g/mol. The minimum absolute atomic E-state index is 0.0581. The van der Waals surface area contributed by atoms with Crippen LogP contribution in [0.2, 0.25) is 5.02 Å². The van der Waals surface area contributed by atoms with Gasteiger partial charge in [0.2, 0.25) is 5.76 Å². The Balaban J connectivity index is 1.47. The lowest BCUT2D eigenvalue weighted by molar-refractivity contribution is -0.123. The van der Waals surface area contributed by atoms with Crippen molar-refractivity contribution in [1.82, 2.24) is 10.6 Å². The van der Waals surface area contributed by atoms with Crippen molar-refractivity contribution in [2.45, 2.75) is 6.54 Å². The van der Waals surface area contributed by atoms with Gasteiger partial charge in [0.15, 0.2) is 6.61 Å². The van der Waals surface area contributed by atoms with Gasteiger partial charge in [-0.2, -0.15) is 0 Å². The summed E-state index contributed by atoms with van der Waals surface area (Å²) in [6, 6.07) is 9.41. The summed E-state index contributed by atoms with van der Waals surface area (Å²) in [5.74, 6) is -1.62. The van der Waals surface area contributed by atoms with Crippen molar-refractivity contribution in [3.63, 3.8) is 0 Å². The molecule has 134 valence electrons. The Hall–Kier alpha value is -2.84.